The van der Waals surface area contributed by atoms with Crippen molar-refractivity contribution in [1.82, 2.24) is 5.32 Å². The number of rotatable bonds is 9. The third-order valence-corrected chi connectivity index (χ3v) is 5.12. The van der Waals surface area contributed by atoms with Gasteiger partial charge in [0.25, 0.3) is 5.91 Å². The van der Waals surface area contributed by atoms with E-state index in [0.29, 0.717) is 5.56 Å². The Hall–Kier alpha value is -2.48. The molecule has 9 heteroatoms. The number of aliphatic hydroxyl groups is 4. The van der Waals surface area contributed by atoms with Gasteiger partial charge in [-0.2, -0.15) is 5.26 Å². The van der Waals surface area contributed by atoms with Crippen molar-refractivity contribution in [1.29, 1.82) is 5.26 Å². The average molecular weight is 434 g/mol. The van der Waals surface area contributed by atoms with Gasteiger partial charge in [-0.1, -0.05) is 26.0 Å². The van der Waals surface area contributed by atoms with E-state index < -0.39 is 43.2 Å². The number of carbonyl (C=O) groups excluding carboxylic acids is 1. The fourth-order valence-electron chi connectivity index (χ4n) is 3.49. The molecule has 1 fully saturated rings. The van der Waals surface area contributed by atoms with Crippen molar-refractivity contribution in [3.05, 3.63) is 35.4 Å². The number of nitrogens with zero attached hydrogens (tertiary/aromatic N) is 2. The van der Waals surface area contributed by atoms with Crippen molar-refractivity contribution in [2.24, 2.45) is 0 Å². The maximum atomic E-state index is 12.5. The van der Waals surface area contributed by atoms with Crippen molar-refractivity contribution in [3.8, 4) is 6.07 Å². The Kier molecular flexibility index (Phi) is 9.43. The van der Waals surface area contributed by atoms with Crippen molar-refractivity contribution < 1.29 is 30.0 Å². The quantitative estimate of drug-likeness (QED) is 0.273. The summed E-state index contributed by atoms with van der Waals surface area (Å²) < 4.78 is 5.01. The molecule has 1 saturated heterocycles. The molecule has 31 heavy (non-hydrogen) atoms. The van der Waals surface area contributed by atoms with Gasteiger partial charge in [0.05, 0.1) is 6.61 Å². The first-order valence-electron chi connectivity index (χ1n) is 10.4. The van der Waals surface area contributed by atoms with Gasteiger partial charge in [0.15, 0.2) is 6.29 Å². The highest BCUT2D eigenvalue weighted by Gasteiger charge is 2.44. The van der Waals surface area contributed by atoms with Gasteiger partial charge in [-0.15, -0.1) is 0 Å². The van der Waals surface area contributed by atoms with Crippen LogP contribution in [-0.2, 0) is 9.53 Å². The Morgan fingerprint density at radius 3 is 2.29 bits per heavy atom. The van der Waals surface area contributed by atoms with Crippen LogP contribution in [0, 0.1) is 11.3 Å². The molecule has 2 rings (SSSR count). The standard InChI is InChI=1S/C22H31N3O6/c1-3-9-25(10-4-2)16-7-5-14(6-8-16)11-15(12-23)21(29)24-18-20(28)19(27)17(13-26)31-22(18)30/h5-8,11,17-20,22,26-28,30H,3-4,9-10,13H2,1-2H3,(H,24,29)/b15-11+/t17-,18-,19-,20-,22?/m1/s1. The maximum absolute atomic E-state index is 12.5. The Balaban J connectivity index is 2.12. The molecule has 9 nitrogen and oxygen atoms in total. The molecule has 1 aromatic carbocycles. The fraction of sp³-hybridized carbons (Fsp3) is 0.545. The van der Waals surface area contributed by atoms with Crippen molar-refractivity contribution in [2.45, 2.75) is 57.3 Å². The number of carbonyl (C=O) groups is 1. The molecule has 5 N–H and O–H groups in total. The zero-order chi connectivity index (χ0) is 23.0. The second-order valence-electron chi connectivity index (χ2n) is 7.48. The van der Waals surface area contributed by atoms with E-state index in [2.05, 4.69) is 24.1 Å². The van der Waals surface area contributed by atoms with Crippen LogP contribution in [0.1, 0.15) is 32.3 Å². The average Bonchev–Trinajstić information content (AvgIpc) is 2.77. The Morgan fingerprint density at radius 1 is 1.16 bits per heavy atom. The van der Waals surface area contributed by atoms with Crippen molar-refractivity contribution in [2.75, 3.05) is 24.6 Å². The van der Waals surface area contributed by atoms with Gasteiger partial charge in [-0.05, 0) is 36.6 Å². The molecular weight excluding hydrogens is 402 g/mol. The van der Waals surface area contributed by atoms with Gasteiger partial charge in [0.1, 0.15) is 36.0 Å². The summed E-state index contributed by atoms with van der Waals surface area (Å²) in [5.41, 5.74) is 1.47. The molecule has 1 aliphatic heterocycles. The van der Waals surface area contributed by atoms with Crippen LogP contribution in [0.4, 0.5) is 5.69 Å². The fourth-order valence-corrected chi connectivity index (χ4v) is 3.49. The van der Waals surface area contributed by atoms with E-state index in [0.717, 1.165) is 31.6 Å². The normalized spacial score (nSPS) is 26.2. The van der Waals surface area contributed by atoms with E-state index in [4.69, 9.17) is 9.84 Å². The maximum Gasteiger partial charge on any atom is 0.262 e. The first-order chi connectivity index (χ1) is 14.9. The molecule has 0 spiro atoms. The minimum absolute atomic E-state index is 0.232. The highest BCUT2D eigenvalue weighted by Crippen LogP contribution is 2.21. The summed E-state index contributed by atoms with van der Waals surface area (Å²) >= 11 is 0. The van der Waals surface area contributed by atoms with Gasteiger partial charge < -0.3 is 35.4 Å². The minimum atomic E-state index is -1.65. The number of amides is 1. The summed E-state index contributed by atoms with van der Waals surface area (Å²) in [6, 6.07) is 7.92. The third-order valence-electron chi connectivity index (χ3n) is 5.12. The highest BCUT2D eigenvalue weighted by molar-refractivity contribution is 6.01. The summed E-state index contributed by atoms with van der Waals surface area (Å²) in [6.07, 6.45) is -2.46. The summed E-state index contributed by atoms with van der Waals surface area (Å²) in [5.74, 6) is -0.827. The zero-order valence-corrected chi connectivity index (χ0v) is 17.8. The lowest BCUT2D eigenvalue weighted by Gasteiger charge is -2.40. The molecule has 0 aromatic heterocycles. The first kappa shape index (κ1) is 24.8. The van der Waals surface area contributed by atoms with Gasteiger partial charge in [0, 0.05) is 18.8 Å². The Labute approximate surface area is 182 Å². The number of aliphatic hydroxyl groups excluding tert-OH is 4. The molecule has 0 bridgehead atoms. The Bertz CT molecular complexity index is 785. The second kappa shape index (κ2) is 11.8. The van der Waals surface area contributed by atoms with E-state index >= 15 is 0 Å². The predicted octanol–water partition coefficient (Wildman–Crippen LogP) is 0.136. The Morgan fingerprint density at radius 2 is 1.77 bits per heavy atom. The second-order valence-corrected chi connectivity index (χ2v) is 7.48. The van der Waals surface area contributed by atoms with E-state index in [-0.39, 0.29) is 5.57 Å². The number of nitriles is 1. The molecule has 0 saturated carbocycles. The number of hydrogen-bond acceptors (Lipinski definition) is 8. The molecular formula is C22H31N3O6. The number of anilines is 1. The largest absolute Gasteiger partial charge is 0.394 e. The highest BCUT2D eigenvalue weighted by atomic mass is 16.6. The van der Waals surface area contributed by atoms with Crippen LogP contribution in [0.3, 0.4) is 0 Å². The van der Waals surface area contributed by atoms with Crippen LogP contribution in [-0.4, -0.2) is 76.7 Å². The van der Waals surface area contributed by atoms with E-state index in [1.807, 2.05) is 18.2 Å². The monoisotopic (exact) mass is 433 g/mol. The number of ether oxygens (including phenoxy) is 1. The van der Waals surface area contributed by atoms with Gasteiger partial charge in [0.2, 0.25) is 0 Å². The molecule has 0 aliphatic carbocycles. The SMILES string of the molecule is CCCN(CCC)c1ccc(/C=C(\C#N)C(=O)N[C@H]2C(O)O[C@H](CO)[C@@H](O)[C@@H]2O)cc1. The minimum Gasteiger partial charge on any atom is -0.394 e. The van der Waals surface area contributed by atoms with Crippen LogP contribution >= 0.6 is 0 Å². The zero-order valence-electron chi connectivity index (χ0n) is 17.8. The summed E-state index contributed by atoms with van der Waals surface area (Å²) in [6.45, 7) is 5.50. The summed E-state index contributed by atoms with van der Waals surface area (Å²) in [4.78, 5) is 14.8. The molecule has 1 aromatic rings. The van der Waals surface area contributed by atoms with Crippen LogP contribution in [0.2, 0.25) is 0 Å². The van der Waals surface area contributed by atoms with Crippen LogP contribution < -0.4 is 10.2 Å². The van der Waals surface area contributed by atoms with E-state index in [1.165, 1.54) is 6.08 Å². The number of nitrogens with one attached hydrogen (secondary N) is 1. The van der Waals surface area contributed by atoms with Crippen LogP contribution in [0.15, 0.2) is 29.8 Å². The summed E-state index contributed by atoms with van der Waals surface area (Å²) in [5, 5.41) is 50.9. The van der Waals surface area contributed by atoms with Gasteiger partial charge in [-0.25, -0.2) is 0 Å². The molecule has 1 aliphatic rings. The number of benzene rings is 1. The third kappa shape index (κ3) is 6.26. The van der Waals surface area contributed by atoms with Crippen LogP contribution in [0.5, 0.6) is 0 Å². The molecule has 170 valence electrons. The summed E-state index contributed by atoms with van der Waals surface area (Å²) in [7, 11) is 0. The lowest BCUT2D eigenvalue weighted by molar-refractivity contribution is -0.253. The van der Waals surface area contributed by atoms with Crippen molar-refractivity contribution in [3.63, 3.8) is 0 Å². The molecule has 5 atom stereocenters. The lowest BCUT2D eigenvalue weighted by atomic mass is 9.96. The molecule has 1 amide bonds. The van der Waals surface area contributed by atoms with Gasteiger partial charge in [-0.3, -0.25) is 4.79 Å². The molecule has 1 heterocycles. The predicted molar refractivity (Wildman–Crippen MR) is 115 cm³/mol. The smallest absolute Gasteiger partial charge is 0.262 e. The first-order valence-corrected chi connectivity index (χ1v) is 10.4. The van der Waals surface area contributed by atoms with E-state index in [1.54, 1.807) is 12.1 Å². The molecule has 0 radical (unpaired) electrons. The lowest BCUT2D eigenvalue weighted by Crippen LogP contribution is -2.64. The van der Waals surface area contributed by atoms with Crippen molar-refractivity contribution >= 4 is 17.7 Å². The topological polar surface area (TPSA) is 146 Å². The van der Waals surface area contributed by atoms with Crippen LogP contribution in [0.25, 0.3) is 6.08 Å². The number of hydrogen-bond donors (Lipinski definition) is 5. The van der Waals surface area contributed by atoms with E-state index in [9.17, 15) is 25.4 Å². The molecule has 1 unspecified atom stereocenters. The van der Waals surface area contributed by atoms with Gasteiger partial charge >= 0.3 is 0 Å².